The number of benzene rings is 4. The number of hydrogen-bond donors (Lipinski definition) is 3. The Bertz CT molecular complexity index is 1250. The van der Waals surface area contributed by atoms with Gasteiger partial charge in [-0.3, -0.25) is 14.4 Å². The Morgan fingerprint density at radius 2 is 0.882 bits per heavy atom. The summed E-state index contributed by atoms with van der Waals surface area (Å²) in [7, 11) is 0. The Hall–Kier alpha value is -4.71. The summed E-state index contributed by atoms with van der Waals surface area (Å²) in [5.74, 6) is -1.01. The molecule has 4 aromatic rings. The average molecular weight is 450 g/mol. The van der Waals surface area contributed by atoms with E-state index in [0.717, 1.165) is 5.56 Å². The Balaban J connectivity index is 1.62. The summed E-state index contributed by atoms with van der Waals surface area (Å²) in [5, 5.41) is 8.46. The third-order valence-electron chi connectivity index (χ3n) is 5.09. The largest absolute Gasteiger partial charge is 0.322 e. The van der Waals surface area contributed by atoms with Crippen LogP contribution in [0.5, 0.6) is 0 Å². The van der Waals surface area contributed by atoms with Crippen LogP contribution in [0.25, 0.3) is 0 Å². The van der Waals surface area contributed by atoms with Gasteiger partial charge in [0.05, 0.1) is 0 Å². The Kier molecular flexibility index (Phi) is 6.79. The molecule has 0 bridgehead atoms. The van der Waals surface area contributed by atoms with Crippen LogP contribution >= 0.6 is 0 Å². The molecule has 3 N–H and O–H groups in total. The zero-order chi connectivity index (χ0) is 23.9. The number of amides is 3. The first-order chi connectivity index (χ1) is 16.5. The molecule has 0 radical (unpaired) electrons. The van der Waals surface area contributed by atoms with Gasteiger partial charge in [0.1, 0.15) is 0 Å². The molecule has 0 heterocycles. The van der Waals surface area contributed by atoms with Crippen molar-refractivity contribution in [2.24, 2.45) is 0 Å². The van der Waals surface area contributed by atoms with Gasteiger partial charge in [-0.1, -0.05) is 54.1 Å². The van der Waals surface area contributed by atoms with Crippen LogP contribution < -0.4 is 16.0 Å². The van der Waals surface area contributed by atoms with E-state index >= 15 is 0 Å². The minimum absolute atomic E-state index is 0.287. The smallest absolute Gasteiger partial charge is 0.255 e. The predicted octanol–water partition coefficient (Wildman–Crippen LogP) is 5.75. The topological polar surface area (TPSA) is 87.3 Å². The lowest BCUT2D eigenvalue weighted by Gasteiger charge is -2.13. The second-order valence-electron chi connectivity index (χ2n) is 7.76. The lowest BCUT2D eigenvalue weighted by molar-refractivity contribution is 0.101. The molecule has 0 fully saturated rings. The summed E-state index contributed by atoms with van der Waals surface area (Å²) in [6.45, 7) is 1.96. The molecule has 0 aromatic heterocycles. The van der Waals surface area contributed by atoms with Gasteiger partial charge < -0.3 is 16.0 Å². The predicted molar refractivity (Wildman–Crippen MR) is 134 cm³/mol. The zero-order valence-electron chi connectivity index (χ0n) is 18.5. The fraction of sp³-hybridized carbons (Fsp3) is 0.0357. The van der Waals surface area contributed by atoms with Gasteiger partial charge in [0, 0.05) is 33.8 Å². The van der Waals surface area contributed by atoms with Gasteiger partial charge in [0.15, 0.2) is 0 Å². The van der Waals surface area contributed by atoms with Gasteiger partial charge in [-0.15, -0.1) is 0 Å². The van der Waals surface area contributed by atoms with E-state index in [0.29, 0.717) is 28.2 Å². The molecule has 0 aliphatic carbocycles. The van der Waals surface area contributed by atoms with Crippen LogP contribution in [0.4, 0.5) is 17.1 Å². The van der Waals surface area contributed by atoms with Crippen LogP contribution in [-0.2, 0) is 0 Å². The van der Waals surface area contributed by atoms with Crippen LogP contribution in [0.3, 0.4) is 0 Å². The van der Waals surface area contributed by atoms with Gasteiger partial charge in [0.2, 0.25) is 0 Å². The molecule has 0 atom stereocenters. The molecule has 3 amide bonds. The average Bonchev–Trinajstić information content (AvgIpc) is 2.86. The fourth-order valence-electron chi connectivity index (χ4n) is 3.33. The normalized spacial score (nSPS) is 10.3. The van der Waals surface area contributed by atoms with Crippen molar-refractivity contribution in [3.63, 3.8) is 0 Å². The number of hydrogen-bond acceptors (Lipinski definition) is 3. The Morgan fingerprint density at radius 3 is 1.35 bits per heavy atom. The Morgan fingerprint density at radius 1 is 0.471 bits per heavy atom. The van der Waals surface area contributed by atoms with E-state index in [1.807, 2.05) is 43.3 Å². The second-order valence-corrected chi connectivity index (χ2v) is 7.76. The maximum Gasteiger partial charge on any atom is 0.255 e. The first-order valence-corrected chi connectivity index (χ1v) is 10.7. The maximum atomic E-state index is 13.0. The molecule has 0 saturated heterocycles. The van der Waals surface area contributed by atoms with Gasteiger partial charge in [-0.2, -0.15) is 0 Å². The lowest BCUT2D eigenvalue weighted by Crippen LogP contribution is -2.17. The molecule has 34 heavy (non-hydrogen) atoms. The Labute approximate surface area is 197 Å². The highest BCUT2D eigenvalue weighted by atomic mass is 16.2. The fourth-order valence-corrected chi connectivity index (χ4v) is 3.33. The van der Waals surface area contributed by atoms with Crippen LogP contribution in [0.15, 0.2) is 103 Å². The lowest BCUT2D eigenvalue weighted by atomic mass is 10.1. The molecule has 0 saturated carbocycles. The summed E-state index contributed by atoms with van der Waals surface area (Å²) < 4.78 is 0. The maximum absolute atomic E-state index is 13.0. The van der Waals surface area contributed by atoms with Crippen molar-refractivity contribution in [1.82, 2.24) is 0 Å². The van der Waals surface area contributed by atoms with E-state index in [9.17, 15) is 14.4 Å². The number of carbonyl (C=O) groups excluding carboxylic acids is 3. The van der Waals surface area contributed by atoms with Gasteiger partial charge in [0.25, 0.3) is 17.7 Å². The van der Waals surface area contributed by atoms with Crippen molar-refractivity contribution in [2.75, 3.05) is 16.0 Å². The highest BCUT2D eigenvalue weighted by molar-refractivity contribution is 6.10. The van der Waals surface area contributed by atoms with Crippen LogP contribution in [-0.4, -0.2) is 17.7 Å². The highest BCUT2D eigenvalue weighted by Crippen LogP contribution is 2.22. The number of nitrogens with one attached hydrogen (secondary N) is 3. The molecule has 0 aliphatic rings. The molecule has 6 heteroatoms. The van der Waals surface area contributed by atoms with E-state index in [1.165, 1.54) is 0 Å². The highest BCUT2D eigenvalue weighted by Gasteiger charge is 2.14. The monoisotopic (exact) mass is 449 g/mol. The summed E-state index contributed by atoms with van der Waals surface area (Å²) in [4.78, 5) is 38.3. The number of aryl methyl sites for hydroxylation is 1. The summed E-state index contributed by atoms with van der Waals surface area (Å²) in [5.41, 5.74) is 3.73. The molecular weight excluding hydrogens is 426 g/mol. The minimum Gasteiger partial charge on any atom is -0.322 e. The van der Waals surface area contributed by atoms with Crippen molar-refractivity contribution in [1.29, 1.82) is 0 Å². The quantitative estimate of drug-likeness (QED) is 0.350. The first kappa shape index (κ1) is 22.5. The van der Waals surface area contributed by atoms with Crippen molar-refractivity contribution < 1.29 is 14.4 Å². The molecule has 0 aliphatic heterocycles. The molecule has 4 rings (SSSR count). The summed E-state index contributed by atoms with van der Waals surface area (Å²) >= 11 is 0. The van der Waals surface area contributed by atoms with Gasteiger partial charge in [-0.25, -0.2) is 0 Å². The molecule has 4 aromatic carbocycles. The zero-order valence-corrected chi connectivity index (χ0v) is 18.5. The van der Waals surface area contributed by atoms with Crippen LogP contribution in [0, 0.1) is 6.92 Å². The van der Waals surface area contributed by atoms with Crippen LogP contribution in [0.1, 0.15) is 36.6 Å². The summed E-state index contributed by atoms with van der Waals surface area (Å²) in [6.07, 6.45) is 0. The van der Waals surface area contributed by atoms with Crippen molar-refractivity contribution in [2.45, 2.75) is 6.92 Å². The van der Waals surface area contributed by atoms with E-state index in [4.69, 9.17) is 0 Å². The van der Waals surface area contributed by atoms with Crippen molar-refractivity contribution >= 4 is 34.8 Å². The second kappa shape index (κ2) is 10.3. The SMILES string of the molecule is Cc1ccc(NC(=O)c2cc(NC(=O)c3ccccc3)cc(NC(=O)c3ccccc3)c2)cc1. The molecule has 0 unspecified atom stereocenters. The van der Waals surface area contributed by atoms with Crippen molar-refractivity contribution in [3.8, 4) is 0 Å². The standard InChI is InChI=1S/C28H23N3O3/c1-19-12-14-23(15-13-19)29-28(34)22-16-24(30-26(32)20-8-4-2-5-9-20)18-25(17-22)31-27(33)21-10-6-3-7-11-21/h2-18H,1H3,(H,29,34)(H,30,32)(H,31,33). The van der Waals surface area contributed by atoms with E-state index < -0.39 is 0 Å². The third kappa shape index (κ3) is 5.75. The van der Waals surface area contributed by atoms with E-state index in [-0.39, 0.29) is 23.3 Å². The molecule has 6 nitrogen and oxygen atoms in total. The van der Waals surface area contributed by atoms with Gasteiger partial charge >= 0.3 is 0 Å². The van der Waals surface area contributed by atoms with Crippen LogP contribution in [0.2, 0.25) is 0 Å². The number of rotatable bonds is 6. The van der Waals surface area contributed by atoms with E-state index in [1.54, 1.807) is 66.7 Å². The van der Waals surface area contributed by atoms with Gasteiger partial charge in [-0.05, 0) is 61.5 Å². The molecule has 0 spiro atoms. The molecule has 168 valence electrons. The van der Waals surface area contributed by atoms with Crippen molar-refractivity contribution in [3.05, 3.63) is 125 Å². The molecular formula is C28H23N3O3. The number of carbonyl (C=O) groups is 3. The first-order valence-electron chi connectivity index (χ1n) is 10.7. The minimum atomic E-state index is -0.366. The van der Waals surface area contributed by atoms with E-state index in [2.05, 4.69) is 16.0 Å². The third-order valence-corrected chi connectivity index (χ3v) is 5.09. The number of anilines is 3. The summed E-state index contributed by atoms with van der Waals surface area (Å²) in [6, 6.07) is 29.7.